The number of pyridine rings is 1. The third-order valence-corrected chi connectivity index (χ3v) is 5.22. The van der Waals surface area contributed by atoms with Gasteiger partial charge in [0.15, 0.2) is 0 Å². The van der Waals surface area contributed by atoms with E-state index in [4.69, 9.17) is 4.99 Å². The first-order chi connectivity index (χ1) is 14.1. The number of hydrogen-bond acceptors (Lipinski definition) is 4. The van der Waals surface area contributed by atoms with E-state index < -0.39 is 5.54 Å². The van der Waals surface area contributed by atoms with Crippen molar-refractivity contribution in [3.63, 3.8) is 0 Å². The van der Waals surface area contributed by atoms with Crippen molar-refractivity contribution in [1.82, 2.24) is 10.3 Å². The van der Waals surface area contributed by atoms with Crippen LogP contribution in [-0.2, 0) is 5.54 Å². The predicted octanol–water partition coefficient (Wildman–Crippen LogP) is 4.30. The predicted molar refractivity (Wildman–Crippen MR) is 106 cm³/mol. The van der Waals surface area contributed by atoms with E-state index in [1.54, 1.807) is 42.6 Å². The van der Waals surface area contributed by atoms with E-state index in [-0.39, 0.29) is 17.7 Å². The number of nitriles is 1. The van der Waals surface area contributed by atoms with E-state index in [1.807, 2.05) is 6.92 Å². The zero-order chi connectivity index (χ0) is 20.4. The second-order valence-electron chi connectivity index (χ2n) is 6.89. The van der Waals surface area contributed by atoms with Crippen molar-refractivity contribution >= 4 is 5.84 Å². The van der Waals surface area contributed by atoms with E-state index in [0.717, 1.165) is 11.1 Å². The fourth-order valence-corrected chi connectivity index (χ4v) is 3.83. The molecule has 1 aromatic heterocycles. The lowest BCUT2D eigenvalue weighted by atomic mass is 9.76. The molecule has 0 spiro atoms. The zero-order valence-corrected chi connectivity index (χ0v) is 15.7. The highest BCUT2D eigenvalue weighted by atomic mass is 19.1. The van der Waals surface area contributed by atoms with Crippen molar-refractivity contribution in [3.8, 4) is 6.07 Å². The van der Waals surface area contributed by atoms with Crippen LogP contribution in [0, 0.1) is 23.0 Å². The second-order valence-corrected chi connectivity index (χ2v) is 6.89. The number of halogens is 2. The maximum Gasteiger partial charge on any atom is 0.148 e. The molecule has 0 fully saturated rings. The normalized spacial score (nSPS) is 17.3. The molecule has 144 valence electrons. The molecule has 1 N–H and O–H groups in total. The molecule has 0 saturated heterocycles. The van der Waals surface area contributed by atoms with E-state index in [2.05, 4.69) is 16.4 Å². The van der Waals surface area contributed by atoms with Crippen molar-refractivity contribution < 1.29 is 8.78 Å². The van der Waals surface area contributed by atoms with Gasteiger partial charge in [0.1, 0.15) is 28.7 Å². The van der Waals surface area contributed by atoms with Crippen LogP contribution in [0.25, 0.3) is 0 Å². The Morgan fingerprint density at radius 2 is 1.59 bits per heavy atom. The van der Waals surface area contributed by atoms with Gasteiger partial charge in [-0.3, -0.25) is 9.98 Å². The first kappa shape index (κ1) is 18.8. The van der Waals surface area contributed by atoms with Crippen molar-refractivity contribution in [3.05, 3.63) is 101 Å². The lowest BCUT2D eigenvalue weighted by molar-refractivity contribution is 0.402. The number of benzene rings is 2. The molecule has 1 atom stereocenters. The number of hydrogen-bond donors (Lipinski definition) is 1. The molecule has 0 unspecified atom stereocenters. The molecule has 0 bridgehead atoms. The Labute approximate surface area is 167 Å². The van der Waals surface area contributed by atoms with E-state index in [1.165, 1.54) is 24.3 Å². The monoisotopic (exact) mass is 388 g/mol. The number of nitrogens with zero attached hydrogens (tertiary/aromatic N) is 3. The standard InChI is InChI=1S/C23H18F2N4/c1-2-21-23(16-3-7-18(24)8-4-16,17-5-9-19(25)10-6-17)29-22(28-21)20-13-15(14-26)11-12-27-20/h3-13,21H,2H2,1H3,(H,28,29)/t21-/m0/s1. The van der Waals surface area contributed by atoms with E-state index in [0.29, 0.717) is 23.5 Å². The van der Waals surface area contributed by atoms with E-state index >= 15 is 0 Å². The van der Waals surface area contributed by atoms with Gasteiger partial charge < -0.3 is 5.32 Å². The van der Waals surface area contributed by atoms with Gasteiger partial charge in [0.05, 0.1) is 17.7 Å². The third-order valence-electron chi connectivity index (χ3n) is 5.22. The quantitative estimate of drug-likeness (QED) is 0.725. The molecule has 0 amide bonds. The molecule has 4 rings (SSSR count). The summed E-state index contributed by atoms with van der Waals surface area (Å²) in [5, 5.41) is 12.7. The van der Waals surface area contributed by atoms with Crippen LogP contribution >= 0.6 is 0 Å². The number of amidine groups is 1. The van der Waals surface area contributed by atoms with Crippen LogP contribution in [0.1, 0.15) is 35.7 Å². The van der Waals surface area contributed by atoms with Crippen LogP contribution in [0.3, 0.4) is 0 Å². The highest BCUT2D eigenvalue weighted by Crippen LogP contribution is 2.40. The lowest BCUT2D eigenvalue weighted by Gasteiger charge is -2.36. The Kier molecular flexibility index (Phi) is 4.81. The molecular formula is C23H18F2N4. The van der Waals surface area contributed by atoms with Crippen molar-refractivity contribution in [2.45, 2.75) is 24.9 Å². The fourth-order valence-electron chi connectivity index (χ4n) is 3.83. The summed E-state index contributed by atoms with van der Waals surface area (Å²) in [5.74, 6) is -0.125. The van der Waals surface area contributed by atoms with Crippen LogP contribution in [0.5, 0.6) is 0 Å². The number of aliphatic imine (C=N–C) groups is 1. The van der Waals surface area contributed by atoms with Crippen LogP contribution < -0.4 is 5.32 Å². The first-order valence-electron chi connectivity index (χ1n) is 9.31. The largest absolute Gasteiger partial charge is 0.353 e. The number of aromatic nitrogens is 1. The molecule has 0 radical (unpaired) electrons. The summed E-state index contributed by atoms with van der Waals surface area (Å²) in [4.78, 5) is 9.20. The minimum atomic E-state index is -0.810. The van der Waals surface area contributed by atoms with Crippen LogP contribution in [0.4, 0.5) is 8.78 Å². The van der Waals surface area contributed by atoms with Crippen molar-refractivity contribution in [2.24, 2.45) is 4.99 Å². The van der Waals surface area contributed by atoms with Gasteiger partial charge >= 0.3 is 0 Å². The third kappa shape index (κ3) is 3.25. The molecular weight excluding hydrogens is 370 g/mol. The lowest BCUT2D eigenvalue weighted by Crippen LogP contribution is -2.48. The van der Waals surface area contributed by atoms with Gasteiger partial charge in [-0.2, -0.15) is 5.26 Å². The number of nitrogens with one attached hydrogen (secondary N) is 1. The molecule has 29 heavy (non-hydrogen) atoms. The van der Waals surface area contributed by atoms with Gasteiger partial charge in [0.25, 0.3) is 0 Å². The fraction of sp³-hybridized carbons (Fsp3) is 0.174. The summed E-state index contributed by atoms with van der Waals surface area (Å²) in [6.45, 7) is 2.01. The molecule has 4 nitrogen and oxygen atoms in total. The highest BCUT2D eigenvalue weighted by molar-refractivity contribution is 6.00. The van der Waals surface area contributed by atoms with Crippen LogP contribution in [-0.4, -0.2) is 16.9 Å². The van der Waals surface area contributed by atoms with Gasteiger partial charge in [-0.15, -0.1) is 0 Å². The second kappa shape index (κ2) is 7.44. The SMILES string of the molecule is CC[C@@H]1N=C(c2cc(C#N)ccn2)NC1(c1ccc(F)cc1)c1ccc(F)cc1. The first-order valence-corrected chi connectivity index (χ1v) is 9.31. The molecule has 1 aliphatic rings. The summed E-state index contributed by atoms with van der Waals surface area (Å²) >= 11 is 0. The van der Waals surface area contributed by atoms with Gasteiger partial charge in [0.2, 0.25) is 0 Å². The summed E-state index contributed by atoms with van der Waals surface area (Å²) in [6, 6.07) is 17.6. The average molecular weight is 388 g/mol. The smallest absolute Gasteiger partial charge is 0.148 e. The molecule has 0 saturated carbocycles. The molecule has 0 aliphatic carbocycles. The molecule has 2 aromatic carbocycles. The van der Waals surface area contributed by atoms with Crippen molar-refractivity contribution in [1.29, 1.82) is 5.26 Å². The Balaban J connectivity index is 1.87. The average Bonchev–Trinajstić information content (AvgIpc) is 3.15. The highest BCUT2D eigenvalue weighted by Gasteiger charge is 2.46. The Morgan fingerprint density at radius 1 is 1.00 bits per heavy atom. The van der Waals surface area contributed by atoms with Gasteiger partial charge in [0, 0.05) is 6.20 Å². The topological polar surface area (TPSA) is 61.1 Å². The molecule has 6 heteroatoms. The van der Waals surface area contributed by atoms with Gasteiger partial charge in [-0.05, 0) is 53.9 Å². The Hall–Kier alpha value is -3.59. The van der Waals surface area contributed by atoms with Gasteiger partial charge in [-0.1, -0.05) is 31.2 Å². The van der Waals surface area contributed by atoms with Crippen LogP contribution in [0.2, 0.25) is 0 Å². The minimum Gasteiger partial charge on any atom is -0.353 e. The van der Waals surface area contributed by atoms with Crippen LogP contribution in [0.15, 0.2) is 71.9 Å². The summed E-state index contributed by atoms with van der Waals surface area (Å²) in [5.41, 5.74) is 1.85. The van der Waals surface area contributed by atoms with Gasteiger partial charge in [-0.25, -0.2) is 8.78 Å². The summed E-state index contributed by atoms with van der Waals surface area (Å²) < 4.78 is 27.2. The maximum atomic E-state index is 13.6. The van der Waals surface area contributed by atoms with Crippen molar-refractivity contribution in [2.75, 3.05) is 0 Å². The summed E-state index contributed by atoms with van der Waals surface area (Å²) in [6.07, 6.45) is 2.25. The summed E-state index contributed by atoms with van der Waals surface area (Å²) in [7, 11) is 0. The number of rotatable bonds is 4. The Bertz CT molecular complexity index is 1050. The zero-order valence-electron chi connectivity index (χ0n) is 15.7. The Morgan fingerprint density at radius 3 is 2.10 bits per heavy atom. The minimum absolute atomic E-state index is 0.235. The maximum absolute atomic E-state index is 13.6. The van der Waals surface area contributed by atoms with E-state index in [9.17, 15) is 14.0 Å². The molecule has 1 aliphatic heterocycles. The molecule has 2 heterocycles. The molecule has 3 aromatic rings.